The Bertz CT molecular complexity index is 1290. The molecule has 0 aromatic carbocycles. The van der Waals surface area contributed by atoms with Crippen molar-refractivity contribution in [2.75, 3.05) is 25.0 Å². The van der Waals surface area contributed by atoms with Crippen LogP contribution in [0.15, 0.2) is 11.1 Å². The van der Waals surface area contributed by atoms with Crippen LogP contribution >= 0.6 is 32.6 Å². The Kier molecular flexibility index (Phi) is 9.25. The standard InChI is InChI=1S/C13H24N6O13P4/c14-13-17-10-7(11(22)18-13)15-5-19(10)12-9(21)8(20)6(30-12)4-29-35(25,26)32-36(27,28)31-34(23,24)16-2-1-3-33/h5-6,8-9,12,20-21H,1-4,33H2,(H,25,26)(H,27,28)(H2,16,23,24)(H3,14,17,18,22). The molecule has 0 spiro atoms. The predicted molar refractivity (Wildman–Crippen MR) is 123 cm³/mol. The van der Waals surface area contributed by atoms with Crippen LogP contribution in [0.4, 0.5) is 5.95 Å². The van der Waals surface area contributed by atoms with Gasteiger partial charge in [-0.1, -0.05) is 0 Å². The van der Waals surface area contributed by atoms with Gasteiger partial charge in [0.1, 0.15) is 18.3 Å². The molecule has 0 aliphatic carbocycles. The lowest BCUT2D eigenvalue weighted by Gasteiger charge is -2.20. The fraction of sp³-hybridized carbons (Fsp3) is 0.615. The number of H-pyrrole nitrogens is 1. The van der Waals surface area contributed by atoms with Gasteiger partial charge in [-0.3, -0.25) is 18.9 Å². The van der Waals surface area contributed by atoms with Crippen LogP contribution in [-0.2, 0) is 31.6 Å². The van der Waals surface area contributed by atoms with Crippen LogP contribution in [0.1, 0.15) is 12.6 Å². The molecule has 3 heterocycles. The molecule has 19 nitrogen and oxygen atoms in total. The Hall–Kier alpha value is -1.13. The molecule has 0 radical (unpaired) electrons. The second kappa shape index (κ2) is 11.3. The van der Waals surface area contributed by atoms with E-state index in [1.54, 1.807) is 0 Å². The van der Waals surface area contributed by atoms with Gasteiger partial charge in [-0.25, -0.2) is 23.8 Å². The SMILES string of the molecule is Nc1nc2c(ncn2C2OC(COP(=O)(O)OP(=O)(O)OP(=O)(O)NCCCP)C(O)C2O)c(=O)[nH]1. The first-order chi connectivity index (χ1) is 16.6. The largest absolute Gasteiger partial charge is 0.489 e. The molecule has 2 aromatic heterocycles. The molecule has 8 unspecified atom stereocenters. The minimum absolute atomic E-state index is 0.0757. The maximum Gasteiger partial charge on any atom is 0.489 e. The van der Waals surface area contributed by atoms with Crippen LogP contribution in [0.3, 0.4) is 0 Å². The number of hydrogen-bond acceptors (Lipinski definition) is 13. The Labute approximate surface area is 204 Å². The number of aromatic amines is 1. The molecule has 36 heavy (non-hydrogen) atoms. The molecular formula is C13H24N6O13P4. The third-order valence-corrected chi connectivity index (χ3v) is 9.45. The molecule has 8 atom stereocenters. The van der Waals surface area contributed by atoms with E-state index in [4.69, 9.17) is 10.5 Å². The summed E-state index contributed by atoms with van der Waals surface area (Å²) in [6.07, 6.45) is -4.27. The highest BCUT2D eigenvalue weighted by molar-refractivity contribution is 7.67. The van der Waals surface area contributed by atoms with Gasteiger partial charge in [0, 0.05) is 6.54 Å². The molecule has 0 bridgehead atoms. The summed E-state index contributed by atoms with van der Waals surface area (Å²) in [5, 5.41) is 22.6. The number of ether oxygens (including phenoxy) is 1. The summed E-state index contributed by atoms with van der Waals surface area (Å²) in [4.78, 5) is 50.8. The molecule has 1 aliphatic rings. The van der Waals surface area contributed by atoms with Gasteiger partial charge in [0.15, 0.2) is 17.4 Å². The van der Waals surface area contributed by atoms with E-state index >= 15 is 0 Å². The fourth-order valence-corrected chi connectivity index (χ4v) is 7.00. The van der Waals surface area contributed by atoms with E-state index in [1.807, 2.05) is 5.09 Å². The van der Waals surface area contributed by atoms with Crippen molar-refractivity contribution >= 4 is 49.7 Å². The van der Waals surface area contributed by atoms with Crippen molar-refractivity contribution in [1.29, 1.82) is 0 Å². The number of nitrogen functional groups attached to an aromatic ring is 1. The van der Waals surface area contributed by atoms with Crippen LogP contribution in [-0.4, -0.2) is 82.0 Å². The second-order valence-electron chi connectivity index (χ2n) is 7.29. The highest BCUT2D eigenvalue weighted by Crippen LogP contribution is 2.66. The average molecular weight is 596 g/mol. The molecule has 1 aliphatic heterocycles. The Morgan fingerprint density at radius 3 is 2.56 bits per heavy atom. The number of hydrogen-bond donors (Lipinski definition) is 8. The average Bonchev–Trinajstić information content (AvgIpc) is 3.26. The topological polar surface area (TPSA) is 291 Å². The van der Waals surface area contributed by atoms with E-state index < -0.39 is 60.1 Å². The molecule has 23 heteroatoms. The number of nitrogens with zero attached hydrogens (tertiary/aromatic N) is 3. The van der Waals surface area contributed by atoms with E-state index in [0.29, 0.717) is 12.6 Å². The first-order valence-corrected chi connectivity index (χ1v) is 15.3. The Balaban J connectivity index is 1.65. The quantitative estimate of drug-likeness (QED) is 0.102. The molecule has 0 amide bonds. The molecule has 0 saturated carbocycles. The van der Waals surface area contributed by atoms with Crippen molar-refractivity contribution in [3.05, 3.63) is 16.7 Å². The third-order valence-electron chi connectivity index (χ3n) is 4.58. The van der Waals surface area contributed by atoms with Crippen LogP contribution in [0, 0.1) is 0 Å². The zero-order valence-corrected chi connectivity index (χ0v) is 21.9. The number of phosphoric ester groups is 1. The number of anilines is 1. The lowest BCUT2D eigenvalue weighted by molar-refractivity contribution is -0.0503. The molecule has 1 fully saturated rings. The first-order valence-electron chi connectivity index (χ1n) is 9.89. The van der Waals surface area contributed by atoms with Crippen molar-refractivity contribution < 1.29 is 56.5 Å². The molecule has 204 valence electrons. The number of nitrogens with two attached hydrogens (primary N) is 1. The zero-order chi connectivity index (χ0) is 26.9. The number of imidazole rings is 1. The number of phosphoric acid groups is 2. The van der Waals surface area contributed by atoms with Crippen molar-refractivity contribution in [1.82, 2.24) is 24.6 Å². The highest BCUT2D eigenvalue weighted by atomic mass is 31.3. The van der Waals surface area contributed by atoms with Gasteiger partial charge >= 0.3 is 23.4 Å². The fourth-order valence-electron chi connectivity index (χ4n) is 3.05. The minimum Gasteiger partial charge on any atom is -0.387 e. The lowest BCUT2D eigenvalue weighted by Crippen LogP contribution is -2.33. The summed E-state index contributed by atoms with van der Waals surface area (Å²) < 4.78 is 54.9. The summed E-state index contributed by atoms with van der Waals surface area (Å²) in [5.41, 5.74) is 4.59. The zero-order valence-electron chi connectivity index (χ0n) is 18.1. The smallest absolute Gasteiger partial charge is 0.387 e. The molecule has 1 saturated heterocycles. The van der Waals surface area contributed by atoms with Crippen LogP contribution in [0.5, 0.6) is 0 Å². The van der Waals surface area contributed by atoms with Crippen LogP contribution < -0.4 is 16.4 Å². The number of rotatable bonds is 12. The van der Waals surface area contributed by atoms with Crippen molar-refractivity contribution in [2.45, 2.75) is 31.0 Å². The molecule has 3 rings (SSSR count). The number of aliphatic hydroxyl groups excluding tert-OH is 2. The normalized spacial score (nSPS) is 27.5. The lowest BCUT2D eigenvalue weighted by atomic mass is 10.1. The van der Waals surface area contributed by atoms with Gasteiger partial charge in [-0.05, 0) is 12.6 Å². The second-order valence-corrected chi connectivity index (χ2v) is 12.7. The maximum absolute atomic E-state index is 12.1. The van der Waals surface area contributed by atoms with Gasteiger partial charge in [0.2, 0.25) is 5.95 Å². The molecule has 9 N–H and O–H groups in total. The van der Waals surface area contributed by atoms with Crippen LogP contribution in [0.25, 0.3) is 11.2 Å². The highest BCUT2D eigenvalue weighted by Gasteiger charge is 2.47. The van der Waals surface area contributed by atoms with E-state index in [1.165, 1.54) is 0 Å². The van der Waals surface area contributed by atoms with Gasteiger partial charge in [-0.15, -0.1) is 9.24 Å². The summed E-state index contributed by atoms with van der Waals surface area (Å²) in [6.45, 7) is -1.04. The van der Waals surface area contributed by atoms with E-state index in [2.05, 4.69) is 37.3 Å². The van der Waals surface area contributed by atoms with Gasteiger partial charge in [0.05, 0.1) is 12.9 Å². The predicted octanol–water partition coefficient (Wildman–Crippen LogP) is -1.47. The van der Waals surface area contributed by atoms with Gasteiger partial charge in [-0.2, -0.15) is 13.6 Å². The van der Waals surface area contributed by atoms with Crippen LogP contribution in [0.2, 0.25) is 0 Å². The van der Waals surface area contributed by atoms with Crippen molar-refractivity contribution in [2.24, 2.45) is 0 Å². The van der Waals surface area contributed by atoms with E-state index in [-0.39, 0.29) is 23.7 Å². The third kappa shape index (κ3) is 7.25. The number of aliphatic hydroxyl groups is 2. The maximum atomic E-state index is 12.1. The Morgan fingerprint density at radius 2 is 1.89 bits per heavy atom. The Morgan fingerprint density at radius 1 is 1.19 bits per heavy atom. The molecule has 2 aromatic rings. The van der Waals surface area contributed by atoms with Gasteiger partial charge in [0.25, 0.3) is 5.56 Å². The summed E-state index contributed by atoms with van der Waals surface area (Å²) in [7, 11) is -13.6. The summed E-state index contributed by atoms with van der Waals surface area (Å²) in [6, 6.07) is 0. The van der Waals surface area contributed by atoms with E-state index in [9.17, 15) is 43.4 Å². The number of aromatic nitrogens is 4. The monoisotopic (exact) mass is 596 g/mol. The first kappa shape index (κ1) is 29.4. The number of fused-ring (bicyclic) bond motifs is 1. The summed E-state index contributed by atoms with van der Waals surface area (Å²) in [5.74, 6) is -0.261. The minimum atomic E-state index is -5.60. The van der Waals surface area contributed by atoms with E-state index in [0.717, 1.165) is 10.9 Å². The van der Waals surface area contributed by atoms with Crippen molar-refractivity contribution in [3.63, 3.8) is 0 Å². The van der Waals surface area contributed by atoms with Crippen molar-refractivity contribution in [3.8, 4) is 0 Å². The summed E-state index contributed by atoms with van der Waals surface area (Å²) >= 11 is 0. The number of nitrogens with one attached hydrogen (secondary N) is 2. The van der Waals surface area contributed by atoms with Gasteiger partial charge < -0.3 is 35.4 Å². The molecular weight excluding hydrogens is 572 g/mol.